The molecule has 24 heavy (non-hydrogen) atoms. The summed E-state index contributed by atoms with van der Waals surface area (Å²) in [5.74, 6) is 1.80. The molecule has 7 heteroatoms. The second-order valence-electron chi connectivity index (χ2n) is 7.21. The lowest BCUT2D eigenvalue weighted by Gasteiger charge is -2.47. The first-order valence-electron chi connectivity index (χ1n) is 8.76. The second-order valence-corrected chi connectivity index (χ2v) is 8.70. The molecule has 3 aliphatic rings. The van der Waals surface area contributed by atoms with Crippen LogP contribution < -0.4 is 0 Å². The minimum Gasteiger partial charge on any atom is -0.381 e. The Balaban J connectivity index is 1.24. The molecule has 0 radical (unpaired) electrons. The molecule has 1 amide bonds. The van der Waals surface area contributed by atoms with Crippen molar-refractivity contribution in [3.05, 3.63) is 18.0 Å². The molecule has 132 valence electrons. The van der Waals surface area contributed by atoms with Gasteiger partial charge >= 0.3 is 0 Å². The highest BCUT2D eigenvalue weighted by molar-refractivity contribution is 8.01. The molecular formula is C17H25N3O3S. The number of hydrogen-bond acceptors (Lipinski definition) is 5. The van der Waals surface area contributed by atoms with Gasteiger partial charge < -0.3 is 14.4 Å². The molecule has 1 spiro atoms. The SMILES string of the molecule is Cn1nccc1C(=O)N1CC2(C[C@H](OCC3CCOCC3)CS2)C1. The summed E-state index contributed by atoms with van der Waals surface area (Å²) in [6, 6.07) is 1.79. The third-order valence-corrected chi connectivity index (χ3v) is 6.94. The Hall–Kier alpha value is -1.05. The number of thioether (sulfide) groups is 1. The van der Waals surface area contributed by atoms with Gasteiger partial charge in [-0.15, -0.1) is 11.8 Å². The standard InChI is InChI=1S/C17H25N3O3S/c1-19-15(2-5-18-19)16(21)20-11-17(12-20)8-14(10-24-17)23-9-13-3-6-22-7-4-13/h2,5,13-14H,3-4,6-12H2,1H3/t14-/m0/s1. The number of carbonyl (C=O) groups excluding carboxylic acids is 1. The topological polar surface area (TPSA) is 56.6 Å². The highest BCUT2D eigenvalue weighted by Crippen LogP contribution is 2.46. The van der Waals surface area contributed by atoms with Crippen LogP contribution in [0.5, 0.6) is 0 Å². The zero-order valence-corrected chi connectivity index (χ0v) is 15.0. The van der Waals surface area contributed by atoms with E-state index in [1.54, 1.807) is 16.9 Å². The average Bonchev–Trinajstić information content (AvgIpc) is 3.18. The highest BCUT2D eigenvalue weighted by atomic mass is 32.2. The van der Waals surface area contributed by atoms with Crippen LogP contribution in [0.15, 0.2) is 12.3 Å². The minimum absolute atomic E-state index is 0.0906. The van der Waals surface area contributed by atoms with Gasteiger partial charge in [0.15, 0.2) is 0 Å². The van der Waals surface area contributed by atoms with Gasteiger partial charge in [0.1, 0.15) is 5.69 Å². The Morgan fingerprint density at radius 3 is 2.96 bits per heavy atom. The van der Waals surface area contributed by atoms with Crippen LogP contribution >= 0.6 is 11.8 Å². The number of rotatable bonds is 4. The summed E-state index contributed by atoms with van der Waals surface area (Å²) in [4.78, 5) is 14.4. The van der Waals surface area contributed by atoms with Crippen LogP contribution in [-0.2, 0) is 16.5 Å². The minimum atomic E-state index is 0.0906. The van der Waals surface area contributed by atoms with Crippen molar-refractivity contribution in [2.24, 2.45) is 13.0 Å². The molecule has 0 unspecified atom stereocenters. The lowest BCUT2D eigenvalue weighted by atomic mass is 9.92. The molecule has 4 rings (SSSR count). The molecule has 6 nitrogen and oxygen atoms in total. The Labute approximate surface area is 146 Å². The third kappa shape index (κ3) is 3.21. The predicted octanol–water partition coefficient (Wildman–Crippen LogP) is 1.56. The fourth-order valence-electron chi connectivity index (χ4n) is 3.85. The summed E-state index contributed by atoms with van der Waals surface area (Å²) in [6.07, 6.45) is 5.33. The molecule has 1 aromatic heterocycles. The smallest absolute Gasteiger partial charge is 0.272 e. The van der Waals surface area contributed by atoms with Crippen molar-refractivity contribution < 1.29 is 14.3 Å². The lowest BCUT2D eigenvalue weighted by Crippen LogP contribution is -2.61. The normalized spacial score (nSPS) is 26.7. The van der Waals surface area contributed by atoms with E-state index in [2.05, 4.69) is 5.10 Å². The Bertz CT molecular complexity index is 594. The van der Waals surface area contributed by atoms with Crippen LogP contribution in [0, 0.1) is 5.92 Å². The summed E-state index contributed by atoms with van der Waals surface area (Å²) < 4.78 is 13.4. The predicted molar refractivity (Wildman–Crippen MR) is 92.2 cm³/mol. The van der Waals surface area contributed by atoms with Gasteiger partial charge in [-0.3, -0.25) is 9.48 Å². The summed E-state index contributed by atoms with van der Waals surface area (Å²) in [5, 5.41) is 4.08. The van der Waals surface area contributed by atoms with Gasteiger partial charge in [-0.05, 0) is 31.2 Å². The van der Waals surface area contributed by atoms with Crippen LogP contribution in [0.25, 0.3) is 0 Å². The van der Waals surface area contributed by atoms with Gasteiger partial charge in [0, 0.05) is 51.9 Å². The number of amides is 1. The van der Waals surface area contributed by atoms with E-state index in [-0.39, 0.29) is 10.7 Å². The first-order valence-corrected chi connectivity index (χ1v) is 9.74. The monoisotopic (exact) mass is 351 g/mol. The first kappa shape index (κ1) is 16.4. The van der Waals surface area contributed by atoms with Crippen LogP contribution in [0.2, 0.25) is 0 Å². The molecule has 0 aliphatic carbocycles. The Morgan fingerprint density at radius 1 is 1.46 bits per heavy atom. The largest absolute Gasteiger partial charge is 0.381 e. The van der Waals surface area contributed by atoms with Gasteiger partial charge in [-0.1, -0.05) is 0 Å². The van der Waals surface area contributed by atoms with Crippen molar-refractivity contribution in [1.29, 1.82) is 0 Å². The number of hydrogen-bond donors (Lipinski definition) is 0. The third-order valence-electron chi connectivity index (χ3n) is 5.37. The van der Waals surface area contributed by atoms with Crippen LogP contribution in [0.4, 0.5) is 0 Å². The highest BCUT2D eigenvalue weighted by Gasteiger charge is 2.51. The number of likely N-dealkylation sites (tertiary alicyclic amines) is 1. The number of aromatic nitrogens is 2. The van der Waals surface area contributed by atoms with Crippen molar-refractivity contribution in [2.75, 3.05) is 38.7 Å². The van der Waals surface area contributed by atoms with Crippen molar-refractivity contribution in [2.45, 2.75) is 30.1 Å². The van der Waals surface area contributed by atoms with Crippen LogP contribution in [0.3, 0.4) is 0 Å². The Kier molecular flexibility index (Phi) is 4.58. The lowest BCUT2D eigenvalue weighted by molar-refractivity contribution is -0.0119. The molecule has 3 aliphatic heterocycles. The maximum absolute atomic E-state index is 12.5. The molecular weight excluding hydrogens is 326 g/mol. The number of nitrogens with zero attached hydrogens (tertiary/aromatic N) is 3. The van der Waals surface area contributed by atoms with Crippen molar-refractivity contribution in [3.63, 3.8) is 0 Å². The van der Waals surface area contributed by atoms with Gasteiger partial charge in [-0.25, -0.2) is 0 Å². The van der Waals surface area contributed by atoms with E-state index < -0.39 is 0 Å². The molecule has 0 bridgehead atoms. The summed E-state index contributed by atoms with van der Waals surface area (Å²) in [5.41, 5.74) is 0.667. The molecule has 0 saturated carbocycles. The molecule has 1 aromatic rings. The second kappa shape index (κ2) is 6.69. The molecule has 1 atom stereocenters. The summed E-state index contributed by atoms with van der Waals surface area (Å²) in [6.45, 7) is 4.28. The van der Waals surface area contributed by atoms with Gasteiger partial charge in [0.05, 0.1) is 10.9 Å². The number of ether oxygens (including phenoxy) is 2. The van der Waals surface area contributed by atoms with Crippen molar-refractivity contribution >= 4 is 17.7 Å². The molecule has 0 aromatic carbocycles. The molecule has 0 N–H and O–H groups in total. The van der Waals surface area contributed by atoms with Crippen LogP contribution in [0.1, 0.15) is 29.8 Å². The van der Waals surface area contributed by atoms with Gasteiger partial charge in [0.25, 0.3) is 5.91 Å². The maximum atomic E-state index is 12.5. The first-order chi connectivity index (χ1) is 11.7. The van der Waals surface area contributed by atoms with E-state index in [1.165, 1.54) is 0 Å². The van der Waals surface area contributed by atoms with E-state index in [9.17, 15) is 4.79 Å². The average molecular weight is 351 g/mol. The summed E-state index contributed by atoms with van der Waals surface area (Å²) >= 11 is 1.98. The van der Waals surface area contributed by atoms with E-state index in [0.29, 0.717) is 17.7 Å². The molecule has 3 fully saturated rings. The van der Waals surface area contributed by atoms with E-state index in [0.717, 1.165) is 57.9 Å². The zero-order valence-electron chi connectivity index (χ0n) is 14.1. The van der Waals surface area contributed by atoms with E-state index >= 15 is 0 Å². The van der Waals surface area contributed by atoms with Gasteiger partial charge in [0.2, 0.25) is 0 Å². The maximum Gasteiger partial charge on any atom is 0.272 e. The number of carbonyl (C=O) groups is 1. The van der Waals surface area contributed by atoms with E-state index in [4.69, 9.17) is 9.47 Å². The molecule has 3 saturated heterocycles. The quantitative estimate of drug-likeness (QED) is 0.824. The zero-order chi connectivity index (χ0) is 16.6. The molecule has 4 heterocycles. The van der Waals surface area contributed by atoms with Crippen LogP contribution in [-0.4, -0.2) is 70.1 Å². The summed E-state index contributed by atoms with van der Waals surface area (Å²) in [7, 11) is 1.81. The fourth-order valence-corrected chi connectivity index (χ4v) is 5.41. The van der Waals surface area contributed by atoms with Crippen molar-refractivity contribution in [1.82, 2.24) is 14.7 Å². The fraction of sp³-hybridized carbons (Fsp3) is 0.765. The van der Waals surface area contributed by atoms with E-state index in [1.807, 2.05) is 23.7 Å². The van der Waals surface area contributed by atoms with Crippen molar-refractivity contribution in [3.8, 4) is 0 Å². The Morgan fingerprint density at radius 2 is 2.25 bits per heavy atom. The van der Waals surface area contributed by atoms with Gasteiger partial charge in [-0.2, -0.15) is 5.10 Å². The number of aryl methyl sites for hydroxylation is 1.